The standard InChI is InChI=1S/C10H18N2O2/c1-9(2,3)10(4,5)6-7(13)12-8(14)11-6/h6H,1-5H3,(H2,11,12,13,14). The van der Waals surface area contributed by atoms with Crippen LogP contribution in [0.15, 0.2) is 0 Å². The highest BCUT2D eigenvalue weighted by Gasteiger charge is 2.47. The van der Waals surface area contributed by atoms with Gasteiger partial charge in [0.25, 0.3) is 5.91 Å². The minimum atomic E-state index is -0.435. The first-order valence-corrected chi connectivity index (χ1v) is 4.77. The molecule has 1 heterocycles. The number of hydrogen-bond donors (Lipinski definition) is 2. The molecule has 1 aliphatic rings. The zero-order valence-corrected chi connectivity index (χ0v) is 9.39. The Bertz CT molecular complexity index is 276. The van der Waals surface area contributed by atoms with E-state index in [9.17, 15) is 9.59 Å². The highest BCUT2D eigenvalue weighted by atomic mass is 16.2. The van der Waals surface area contributed by atoms with Crippen molar-refractivity contribution in [2.75, 3.05) is 0 Å². The largest absolute Gasteiger partial charge is 0.325 e. The number of carbonyl (C=O) groups excluding carboxylic acids is 2. The minimum absolute atomic E-state index is 0.0490. The van der Waals surface area contributed by atoms with E-state index < -0.39 is 12.1 Å². The lowest BCUT2D eigenvalue weighted by atomic mass is 9.65. The van der Waals surface area contributed by atoms with Crippen molar-refractivity contribution in [3.63, 3.8) is 0 Å². The van der Waals surface area contributed by atoms with E-state index >= 15 is 0 Å². The molecule has 0 bridgehead atoms. The first kappa shape index (κ1) is 11.0. The second-order valence-electron chi connectivity index (χ2n) is 5.37. The SMILES string of the molecule is CC(C)(C)C(C)(C)C1NC(=O)NC1=O. The van der Waals surface area contributed by atoms with Gasteiger partial charge in [-0.1, -0.05) is 34.6 Å². The average Bonchev–Trinajstić information content (AvgIpc) is 2.27. The molecule has 0 radical (unpaired) electrons. The van der Waals surface area contributed by atoms with Crippen LogP contribution in [-0.4, -0.2) is 18.0 Å². The van der Waals surface area contributed by atoms with Gasteiger partial charge in [0.15, 0.2) is 0 Å². The Morgan fingerprint density at radius 3 is 1.86 bits per heavy atom. The molecule has 4 heteroatoms. The van der Waals surface area contributed by atoms with Crippen molar-refractivity contribution < 1.29 is 9.59 Å². The maximum absolute atomic E-state index is 11.5. The summed E-state index contributed by atoms with van der Waals surface area (Å²) in [7, 11) is 0. The van der Waals surface area contributed by atoms with Gasteiger partial charge in [-0.15, -0.1) is 0 Å². The lowest BCUT2D eigenvalue weighted by molar-refractivity contribution is -0.124. The molecule has 4 nitrogen and oxygen atoms in total. The van der Waals surface area contributed by atoms with E-state index in [2.05, 4.69) is 31.4 Å². The lowest BCUT2D eigenvalue weighted by Gasteiger charge is -2.41. The third-order valence-corrected chi connectivity index (χ3v) is 3.43. The molecule has 0 aliphatic carbocycles. The van der Waals surface area contributed by atoms with Gasteiger partial charge in [0.05, 0.1) is 0 Å². The topological polar surface area (TPSA) is 58.2 Å². The van der Waals surface area contributed by atoms with Crippen LogP contribution in [0.4, 0.5) is 4.79 Å². The molecule has 3 amide bonds. The molecule has 14 heavy (non-hydrogen) atoms. The molecule has 0 saturated carbocycles. The Balaban J connectivity index is 2.94. The van der Waals surface area contributed by atoms with Crippen LogP contribution >= 0.6 is 0 Å². The third-order valence-electron chi connectivity index (χ3n) is 3.43. The molecule has 0 aromatic carbocycles. The van der Waals surface area contributed by atoms with E-state index in [0.717, 1.165) is 0 Å². The monoisotopic (exact) mass is 198 g/mol. The minimum Gasteiger partial charge on any atom is -0.325 e. The van der Waals surface area contributed by atoms with E-state index in [4.69, 9.17) is 0 Å². The van der Waals surface area contributed by atoms with Crippen LogP contribution in [0.5, 0.6) is 0 Å². The molecule has 1 atom stereocenters. The summed E-state index contributed by atoms with van der Waals surface area (Å²) in [6.45, 7) is 10.2. The van der Waals surface area contributed by atoms with Crippen molar-refractivity contribution in [2.45, 2.75) is 40.7 Å². The number of imide groups is 1. The molecule has 0 aromatic heterocycles. The fourth-order valence-corrected chi connectivity index (χ4v) is 1.36. The summed E-state index contributed by atoms with van der Waals surface area (Å²) in [6, 6.07) is -0.827. The summed E-state index contributed by atoms with van der Waals surface area (Å²) < 4.78 is 0. The summed E-state index contributed by atoms with van der Waals surface area (Å²) in [5.41, 5.74) is -0.324. The molecular formula is C10H18N2O2. The summed E-state index contributed by atoms with van der Waals surface area (Å²) in [5.74, 6) is -0.227. The average molecular weight is 198 g/mol. The van der Waals surface area contributed by atoms with Gasteiger partial charge in [-0.2, -0.15) is 0 Å². The Kier molecular flexibility index (Phi) is 2.34. The first-order valence-electron chi connectivity index (χ1n) is 4.77. The van der Waals surface area contributed by atoms with Gasteiger partial charge < -0.3 is 5.32 Å². The van der Waals surface area contributed by atoms with E-state index in [1.165, 1.54) is 0 Å². The maximum Gasteiger partial charge on any atom is 0.322 e. The number of hydrogen-bond acceptors (Lipinski definition) is 2. The Labute approximate surface area is 84.4 Å². The number of carbonyl (C=O) groups is 2. The van der Waals surface area contributed by atoms with E-state index in [-0.39, 0.29) is 16.7 Å². The van der Waals surface area contributed by atoms with Crippen LogP contribution in [0, 0.1) is 10.8 Å². The van der Waals surface area contributed by atoms with Crippen molar-refractivity contribution in [3.8, 4) is 0 Å². The van der Waals surface area contributed by atoms with Crippen molar-refractivity contribution in [2.24, 2.45) is 10.8 Å². The number of amides is 3. The van der Waals surface area contributed by atoms with Gasteiger partial charge in [0.1, 0.15) is 6.04 Å². The highest BCUT2D eigenvalue weighted by molar-refractivity contribution is 6.04. The third kappa shape index (κ3) is 1.61. The summed E-state index contributed by atoms with van der Waals surface area (Å²) >= 11 is 0. The summed E-state index contributed by atoms with van der Waals surface area (Å²) in [4.78, 5) is 22.5. The lowest BCUT2D eigenvalue weighted by Crippen LogP contribution is -2.49. The molecule has 2 N–H and O–H groups in total. The molecular weight excluding hydrogens is 180 g/mol. The van der Waals surface area contributed by atoms with Gasteiger partial charge >= 0.3 is 6.03 Å². The van der Waals surface area contributed by atoms with Crippen LogP contribution in [0.3, 0.4) is 0 Å². The molecule has 1 aliphatic heterocycles. The molecule has 0 aromatic rings. The normalized spacial score (nSPS) is 23.4. The van der Waals surface area contributed by atoms with Crippen LogP contribution in [0.25, 0.3) is 0 Å². The predicted octanol–water partition coefficient (Wildman–Crippen LogP) is 1.27. The quantitative estimate of drug-likeness (QED) is 0.623. The zero-order chi connectivity index (χ0) is 11.1. The van der Waals surface area contributed by atoms with Crippen molar-refractivity contribution >= 4 is 11.9 Å². The van der Waals surface area contributed by atoms with E-state index in [1.54, 1.807) is 0 Å². The van der Waals surface area contributed by atoms with Crippen LogP contribution in [0.2, 0.25) is 0 Å². The van der Waals surface area contributed by atoms with Crippen molar-refractivity contribution in [1.82, 2.24) is 10.6 Å². The summed E-state index contributed by atoms with van der Waals surface area (Å²) in [5, 5.41) is 4.91. The second kappa shape index (κ2) is 2.97. The Morgan fingerprint density at radius 1 is 1.07 bits per heavy atom. The van der Waals surface area contributed by atoms with Gasteiger partial charge in [-0.25, -0.2) is 4.79 Å². The first-order chi connectivity index (χ1) is 6.16. The molecule has 1 fully saturated rings. The second-order valence-corrected chi connectivity index (χ2v) is 5.37. The van der Waals surface area contributed by atoms with Gasteiger partial charge in [0.2, 0.25) is 0 Å². The number of rotatable bonds is 1. The van der Waals surface area contributed by atoms with E-state index in [0.29, 0.717) is 0 Å². The van der Waals surface area contributed by atoms with Crippen molar-refractivity contribution in [1.29, 1.82) is 0 Å². The van der Waals surface area contributed by atoms with Crippen LogP contribution in [0.1, 0.15) is 34.6 Å². The Hall–Kier alpha value is -1.06. The van der Waals surface area contributed by atoms with Gasteiger partial charge in [0, 0.05) is 0 Å². The molecule has 0 spiro atoms. The van der Waals surface area contributed by atoms with Crippen LogP contribution < -0.4 is 10.6 Å². The van der Waals surface area contributed by atoms with Gasteiger partial charge in [-0.3, -0.25) is 10.1 Å². The predicted molar refractivity (Wildman–Crippen MR) is 53.7 cm³/mol. The maximum atomic E-state index is 11.5. The molecule has 1 rings (SSSR count). The fraction of sp³-hybridized carbons (Fsp3) is 0.800. The van der Waals surface area contributed by atoms with Crippen molar-refractivity contribution in [3.05, 3.63) is 0 Å². The number of urea groups is 1. The zero-order valence-electron chi connectivity index (χ0n) is 9.39. The fourth-order valence-electron chi connectivity index (χ4n) is 1.36. The smallest absolute Gasteiger partial charge is 0.322 e. The van der Waals surface area contributed by atoms with Gasteiger partial charge in [-0.05, 0) is 10.8 Å². The molecule has 80 valence electrons. The van der Waals surface area contributed by atoms with E-state index in [1.807, 2.05) is 13.8 Å². The summed E-state index contributed by atoms with van der Waals surface area (Å²) in [6.07, 6.45) is 0. The number of nitrogens with one attached hydrogen (secondary N) is 2. The molecule has 1 unspecified atom stereocenters. The highest BCUT2D eigenvalue weighted by Crippen LogP contribution is 2.41. The van der Waals surface area contributed by atoms with Crippen LogP contribution in [-0.2, 0) is 4.79 Å². The molecule has 1 saturated heterocycles. The Morgan fingerprint density at radius 2 is 1.57 bits per heavy atom.